The maximum atomic E-state index is 13.1. The third-order valence-electron chi connectivity index (χ3n) is 3.97. The molecule has 3 aromatic rings. The number of benzene rings is 2. The van der Waals surface area contributed by atoms with Crippen molar-refractivity contribution in [2.24, 2.45) is 0 Å². The number of nitrogens with zero attached hydrogens (tertiary/aromatic N) is 2. The van der Waals surface area contributed by atoms with Crippen LogP contribution in [0.3, 0.4) is 0 Å². The maximum Gasteiger partial charge on any atom is 0.295 e. The molecule has 128 valence electrons. The van der Waals surface area contributed by atoms with E-state index >= 15 is 0 Å². The van der Waals surface area contributed by atoms with Crippen LogP contribution in [0.1, 0.15) is 26.5 Å². The normalized spacial score (nSPS) is 11.3. The van der Waals surface area contributed by atoms with Crippen molar-refractivity contribution in [2.75, 3.05) is 5.32 Å². The maximum absolute atomic E-state index is 13.1. The van der Waals surface area contributed by atoms with Crippen LogP contribution in [0.2, 0.25) is 0 Å². The van der Waals surface area contributed by atoms with Gasteiger partial charge in [0.1, 0.15) is 5.69 Å². The Morgan fingerprint density at radius 3 is 1.76 bits per heavy atom. The van der Waals surface area contributed by atoms with Crippen LogP contribution in [-0.2, 0) is 10.2 Å². The fourth-order valence-corrected chi connectivity index (χ4v) is 3.00. The van der Waals surface area contributed by atoms with Gasteiger partial charge < -0.3 is 5.32 Å². The Morgan fingerprint density at radius 2 is 1.32 bits per heavy atom. The lowest BCUT2D eigenvalue weighted by molar-refractivity contribution is -0.105. The Labute approximate surface area is 146 Å². The van der Waals surface area contributed by atoms with Crippen LogP contribution in [0.4, 0.5) is 5.69 Å². The molecule has 0 unspecified atom stereocenters. The number of rotatable bonds is 4. The molecule has 0 radical (unpaired) electrons. The van der Waals surface area contributed by atoms with E-state index in [-0.39, 0.29) is 11.0 Å². The molecule has 1 heterocycles. The first-order valence-electron chi connectivity index (χ1n) is 8.14. The third kappa shape index (κ3) is 3.01. The van der Waals surface area contributed by atoms with Crippen molar-refractivity contribution in [3.05, 3.63) is 76.7 Å². The molecule has 25 heavy (non-hydrogen) atoms. The van der Waals surface area contributed by atoms with Crippen LogP contribution < -0.4 is 10.9 Å². The SMILES string of the molecule is CC(C)(C)c1c(NC=O)c(=O)n(-c2ccccc2)n1-c1ccccc1. The highest BCUT2D eigenvalue weighted by Gasteiger charge is 2.30. The number of aromatic nitrogens is 2. The molecule has 1 aromatic heterocycles. The lowest BCUT2D eigenvalue weighted by atomic mass is 9.91. The molecule has 0 saturated heterocycles. The van der Waals surface area contributed by atoms with Gasteiger partial charge in [-0.3, -0.25) is 9.59 Å². The molecular weight excluding hydrogens is 314 g/mol. The molecule has 0 fully saturated rings. The van der Waals surface area contributed by atoms with E-state index in [1.165, 1.54) is 0 Å². The van der Waals surface area contributed by atoms with Crippen molar-refractivity contribution in [3.8, 4) is 11.4 Å². The average molecular weight is 335 g/mol. The molecule has 1 amide bonds. The van der Waals surface area contributed by atoms with Gasteiger partial charge in [-0.1, -0.05) is 57.2 Å². The summed E-state index contributed by atoms with van der Waals surface area (Å²) < 4.78 is 3.48. The molecule has 0 atom stereocenters. The van der Waals surface area contributed by atoms with Gasteiger partial charge in [0, 0.05) is 5.41 Å². The number of hydrogen-bond donors (Lipinski definition) is 1. The molecular formula is C20H21N3O2. The summed E-state index contributed by atoms with van der Waals surface area (Å²) in [6.45, 7) is 6.06. The Balaban J connectivity index is 2.46. The summed E-state index contributed by atoms with van der Waals surface area (Å²) in [5.74, 6) is 0. The largest absolute Gasteiger partial charge is 0.323 e. The van der Waals surface area contributed by atoms with Gasteiger partial charge in [-0.05, 0) is 24.3 Å². The molecule has 5 heteroatoms. The van der Waals surface area contributed by atoms with Gasteiger partial charge in [0.15, 0.2) is 0 Å². The number of amides is 1. The van der Waals surface area contributed by atoms with Gasteiger partial charge in [0.2, 0.25) is 6.41 Å². The van der Waals surface area contributed by atoms with Crippen molar-refractivity contribution in [1.29, 1.82) is 0 Å². The summed E-state index contributed by atoms with van der Waals surface area (Å²) in [7, 11) is 0. The van der Waals surface area contributed by atoms with Crippen LogP contribution in [0.15, 0.2) is 65.5 Å². The summed E-state index contributed by atoms with van der Waals surface area (Å²) in [6, 6.07) is 19.1. The Kier molecular flexibility index (Phi) is 4.31. The molecule has 0 bridgehead atoms. The van der Waals surface area contributed by atoms with Gasteiger partial charge in [0.25, 0.3) is 5.56 Å². The molecule has 0 aliphatic carbocycles. The second-order valence-corrected chi connectivity index (χ2v) is 6.84. The van der Waals surface area contributed by atoms with Crippen LogP contribution in [-0.4, -0.2) is 15.8 Å². The molecule has 0 spiro atoms. The van der Waals surface area contributed by atoms with Gasteiger partial charge >= 0.3 is 0 Å². The van der Waals surface area contributed by atoms with Gasteiger partial charge in [0.05, 0.1) is 17.1 Å². The smallest absolute Gasteiger partial charge is 0.295 e. The lowest BCUT2D eigenvalue weighted by Crippen LogP contribution is -2.23. The van der Waals surface area contributed by atoms with Crippen molar-refractivity contribution in [3.63, 3.8) is 0 Å². The molecule has 0 aliphatic rings. The van der Waals surface area contributed by atoms with Crippen molar-refractivity contribution in [1.82, 2.24) is 9.36 Å². The molecule has 0 aliphatic heterocycles. The highest BCUT2D eigenvalue weighted by molar-refractivity contribution is 5.74. The zero-order valence-electron chi connectivity index (χ0n) is 14.6. The van der Waals surface area contributed by atoms with Crippen molar-refractivity contribution < 1.29 is 4.79 Å². The predicted octanol–water partition coefficient (Wildman–Crippen LogP) is 3.49. The topological polar surface area (TPSA) is 56.0 Å². The van der Waals surface area contributed by atoms with E-state index in [1.807, 2.05) is 86.1 Å². The molecule has 2 aromatic carbocycles. The second-order valence-electron chi connectivity index (χ2n) is 6.84. The van der Waals surface area contributed by atoms with Gasteiger partial charge in [-0.25, -0.2) is 9.36 Å². The third-order valence-corrected chi connectivity index (χ3v) is 3.97. The fraction of sp³-hybridized carbons (Fsp3) is 0.200. The summed E-state index contributed by atoms with van der Waals surface area (Å²) in [6.07, 6.45) is 0.552. The number of carbonyl (C=O) groups is 1. The van der Waals surface area contributed by atoms with Crippen molar-refractivity contribution in [2.45, 2.75) is 26.2 Å². The number of para-hydroxylation sites is 2. The zero-order valence-corrected chi connectivity index (χ0v) is 14.6. The Bertz CT molecular complexity index is 933. The average Bonchev–Trinajstić information content (AvgIpc) is 2.90. The highest BCUT2D eigenvalue weighted by Crippen LogP contribution is 2.31. The first-order chi connectivity index (χ1) is 11.9. The molecule has 5 nitrogen and oxygen atoms in total. The van der Waals surface area contributed by atoms with E-state index in [0.717, 1.165) is 17.1 Å². The second kappa shape index (κ2) is 6.43. The quantitative estimate of drug-likeness (QED) is 0.742. The molecule has 3 rings (SSSR count). The lowest BCUT2D eigenvalue weighted by Gasteiger charge is -2.24. The Morgan fingerprint density at radius 1 is 0.840 bits per heavy atom. The summed E-state index contributed by atoms with van der Waals surface area (Å²) in [4.78, 5) is 24.3. The highest BCUT2D eigenvalue weighted by atomic mass is 16.1. The molecule has 1 N–H and O–H groups in total. The number of anilines is 1. The minimum Gasteiger partial charge on any atom is -0.323 e. The minimum atomic E-state index is -0.361. The van der Waals surface area contributed by atoms with E-state index in [1.54, 1.807) is 4.68 Å². The van der Waals surface area contributed by atoms with Gasteiger partial charge in [-0.15, -0.1) is 0 Å². The van der Waals surface area contributed by atoms with Crippen LogP contribution in [0, 0.1) is 0 Å². The summed E-state index contributed by atoms with van der Waals surface area (Å²) >= 11 is 0. The van der Waals surface area contributed by atoms with Crippen molar-refractivity contribution >= 4 is 12.1 Å². The van der Waals surface area contributed by atoms with Crippen LogP contribution in [0.25, 0.3) is 11.4 Å². The summed E-state index contributed by atoms with van der Waals surface area (Å²) in [5, 5.41) is 2.62. The monoisotopic (exact) mass is 335 g/mol. The minimum absolute atomic E-state index is 0.257. The van der Waals surface area contributed by atoms with E-state index in [4.69, 9.17) is 0 Å². The number of hydrogen-bond acceptors (Lipinski definition) is 2. The van der Waals surface area contributed by atoms with E-state index < -0.39 is 0 Å². The molecule has 0 saturated carbocycles. The first kappa shape index (κ1) is 16.8. The van der Waals surface area contributed by atoms with Crippen LogP contribution >= 0.6 is 0 Å². The number of carbonyl (C=O) groups excluding carboxylic acids is 1. The standard InChI is InChI=1S/C20H21N3O2/c1-20(2,3)18-17(21-14-24)19(25)23(16-12-8-5-9-13-16)22(18)15-10-6-4-7-11-15/h4-14H,1-3H3,(H,21,24). The zero-order chi connectivity index (χ0) is 18.0. The number of nitrogens with one attached hydrogen (secondary N) is 1. The predicted molar refractivity (Wildman–Crippen MR) is 99.8 cm³/mol. The summed E-state index contributed by atoms with van der Waals surface area (Å²) in [5.41, 5.74) is 2.02. The fourth-order valence-electron chi connectivity index (χ4n) is 3.00. The van der Waals surface area contributed by atoms with E-state index in [9.17, 15) is 9.59 Å². The first-order valence-corrected chi connectivity index (χ1v) is 8.14. The van der Waals surface area contributed by atoms with Gasteiger partial charge in [-0.2, -0.15) is 0 Å². The van der Waals surface area contributed by atoms with E-state index in [0.29, 0.717) is 12.1 Å². The van der Waals surface area contributed by atoms with Crippen LogP contribution in [0.5, 0.6) is 0 Å². The van der Waals surface area contributed by atoms with E-state index in [2.05, 4.69) is 5.32 Å². The Hall–Kier alpha value is -3.08.